The van der Waals surface area contributed by atoms with Crippen LogP contribution in [0.1, 0.15) is 22.5 Å². The largest absolute Gasteiger partial charge is 0.417 e. The molecule has 0 atom stereocenters. The summed E-state index contributed by atoms with van der Waals surface area (Å²) in [4.78, 5) is 3.81. The van der Waals surface area contributed by atoms with Gasteiger partial charge < -0.3 is 5.73 Å². The minimum Gasteiger partial charge on any atom is -0.330 e. The van der Waals surface area contributed by atoms with Crippen LogP contribution in [0.5, 0.6) is 0 Å². The van der Waals surface area contributed by atoms with E-state index in [0.717, 1.165) is 29.2 Å². The van der Waals surface area contributed by atoms with Gasteiger partial charge in [0, 0.05) is 11.9 Å². The topological polar surface area (TPSA) is 56.7 Å². The van der Waals surface area contributed by atoms with Crippen molar-refractivity contribution < 1.29 is 13.2 Å². The molecule has 21 heavy (non-hydrogen) atoms. The highest BCUT2D eigenvalue weighted by Gasteiger charge is 2.32. The molecule has 0 aliphatic heterocycles. The van der Waals surface area contributed by atoms with Crippen molar-refractivity contribution in [1.82, 2.24) is 14.8 Å². The summed E-state index contributed by atoms with van der Waals surface area (Å²) in [6, 6.07) is 0.850. The highest BCUT2D eigenvalue weighted by molar-refractivity contribution is 6.32. The molecule has 0 radical (unpaired) electrons. The molecule has 2 aromatic heterocycles. The molecule has 0 saturated carbocycles. The van der Waals surface area contributed by atoms with Crippen LogP contribution in [0.2, 0.25) is 5.02 Å². The summed E-state index contributed by atoms with van der Waals surface area (Å²) < 4.78 is 39.3. The summed E-state index contributed by atoms with van der Waals surface area (Å²) >= 11 is 5.93. The molecular weight excluding hydrogens is 305 g/mol. The molecule has 0 aliphatic rings. The van der Waals surface area contributed by atoms with Gasteiger partial charge >= 0.3 is 6.18 Å². The number of pyridine rings is 1. The molecule has 2 heterocycles. The Morgan fingerprint density at radius 2 is 2.00 bits per heavy atom. The molecule has 2 rings (SSSR count). The van der Waals surface area contributed by atoms with Crippen LogP contribution in [-0.2, 0) is 12.6 Å². The Balaban J connectivity index is 2.51. The van der Waals surface area contributed by atoms with E-state index in [4.69, 9.17) is 17.3 Å². The molecule has 114 valence electrons. The lowest BCUT2D eigenvalue weighted by Gasteiger charge is -2.10. The number of aromatic nitrogens is 3. The third-order valence-electron chi connectivity index (χ3n) is 3.19. The van der Waals surface area contributed by atoms with Gasteiger partial charge in [-0.15, -0.1) is 0 Å². The Labute approximate surface area is 124 Å². The van der Waals surface area contributed by atoms with Gasteiger partial charge in [0.1, 0.15) is 0 Å². The third kappa shape index (κ3) is 3.03. The molecule has 0 bridgehead atoms. The van der Waals surface area contributed by atoms with E-state index >= 15 is 0 Å². The van der Waals surface area contributed by atoms with E-state index in [1.54, 1.807) is 6.92 Å². The smallest absolute Gasteiger partial charge is 0.330 e. The number of aryl methyl sites for hydroxylation is 1. The highest BCUT2D eigenvalue weighted by Crippen LogP contribution is 2.32. The second-order valence-electron chi connectivity index (χ2n) is 4.63. The molecule has 0 aromatic carbocycles. The van der Waals surface area contributed by atoms with Gasteiger partial charge in [0.25, 0.3) is 0 Å². The van der Waals surface area contributed by atoms with E-state index in [0.29, 0.717) is 13.0 Å². The van der Waals surface area contributed by atoms with Crippen molar-refractivity contribution >= 4 is 11.6 Å². The Morgan fingerprint density at radius 1 is 1.33 bits per heavy atom. The van der Waals surface area contributed by atoms with Gasteiger partial charge in [-0.2, -0.15) is 18.3 Å². The number of nitrogens with zero attached hydrogens (tertiary/aromatic N) is 3. The molecule has 2 aromatic rings. The number of hydrogen-bond donors (Lipinski definition) is 1. The van der Waals surface area contributed by atoms with Crippen LogP contribution in [0.4, 0.5) is 13.2 Å². The molecule has 4 nitrogen and oxygen atoms in total. The van der Waals surface area contributed by atoms with E-state index in [2.05, 4.69) is 10.1 Å². The molecule has 0 fully saturated rings. The number of nitrogens with two attached hydrogens (primary N) is 1. The van der Waals surface area contributed by atoms with E-state index in [-0.39, 0.29) is 10.8 Å². The summed E-state index contributed by atoms with van der Waals surface area (Å²) in [6.07, 6.45) is -3.09. The summed E-state index contributed by atoms with van der Waals surface area (Å²) in [5.41, 5.74) is 7.14. The highest BCUT2D eigenvalue weighted by atomic mass is 35.5. The summed E-state index contributed by atoms with van der Waals surface area (Å²) in [5.74, 6) is 0.175. The van der Waals surface area contributed by atoms with Crippen LogP contribution in [-0.4, -0.2) is 21.3 Å². The monoisotopic (exact) mass is 318 g/mol. The van der Waals surface area contributed by atoms with Crippen LogP contribution in [0, 0.1) is 13.8 Å². The van der Waals surface area contributed by atoms with Gasteiger partial charge in [-0.3, -0.25) is 0 Å². The van der Waals surface area contributed by atoms with E-state index in [1.165, 1.54) is 4.68 Å². The van der Waals surface area contributed by atoms with Gasteiger partial charge in [-0.25, -0.2) is 9.67 Å². The standard InChI is InChI=1S/C13H14ClF3N4/c1-7-10(3-4-18)8(2)21(20-7)12-11(14)5-9(6-19-12)13(15,16)17/h5-6H,3-4,18H2,1-2H3. The minimum absolute atomic E-state index is 0.102. The van der Waals surface area contributed by atoms with Crippen LogP contribution >= 0.6 is 11.6 Å². The summed E-state index contributed by atoms with van der Waals surface area (Å²) in [6.45, 7) is 4.08. The first-order chi connectivity index (χ1) is 9.75. The molecule has 0 amide bonds. The summed E-state index contributed by atoms with van der Waals surface area (Å²) in [5, 5.41) is 4.18. The van der Waals surface area contributed by atoms with Crippen molar-refractivity contribution in [3.63, 3.8) is 0 Å². The van der Waals surface area contributed by atoms with E-state index in [1.807, 2.05) is 6.92 Å². The average molecular weight is 319 g/mol. The molecule has 0 aliphatic carbocycles. The van der Waals surface area contributed by atoms with Gasteiger partial charge in [-0.05, 0) is 38.4 Å². The van der Waals surface area contributed by atoms with Gasteiger partial charge in [-0.1, -0.05) is 11.6 Å². The third-order valence-corrected chi connectivity index (χ3v) is 3.46. The predicted molar refractivity (Wildman–Crippen MR) is 73.6 cm³/mol. The number of rotatable bonds is 3. The predicted octanol–water partition coefficient (Wildman–Crippen LogP) is 3.06. The number of alkyl halides is 3. The molecule has 8 heteroatoms. The normalized spacial score (nSPS) is 12.0. The number of hydrogen-bond acceptors (Lipinski definition) is 3. The van der Waals surface area contributed by atoms with Crippen LogP contribution in [0.15, 0.2) is 12.3 Å². The Bertz CT molecular complexity index is 664. The Morgan fingerprint density at radius 3 is 2.52 bits per heavy atom. The van der Waals surface area contributed by atoms with Crippen LogP contribution in [0.3, 0.4) is 0 Å². The SMILES string of the molecule is Cc1nn(-c2ncc(C(F)(F)F)cc2Cl)c(C)c1CCN. The van der Waals surface area contributed by atoms with Crippen molar-refractivity contribution in [1.29, 1.82) is 0 Å². The van der Waals surface area contributed by atoms with Gasteiger partial charge in [0.05, 0.1) is 16.3 Å². The van der Waals surface area contributed by atoms with Crippen molar-refractivity contribution in [3.8, 4) is 5.82 Å². The van der Waals surface area contributed by atoms with Crippen molar-refractivity contribution in [2.75, 3.05) is 6.54 Å². The zero-order valence-corrected chi connectivity index (χ0v) is 12.3. The van der Waals surface area contributed by atoms with Crippen LogP contribution in [0.25, 0.3) is 5.82 Å². The molecule has 0 saturated heterocycles. The first-order valence-electron chi connectivity index (χ1n) is 6.24. The van der Waals surface area contributed by atoms with Crippen molar-refractivity contribution in [2.45, 2.75) is 26.4 Å². The first-order valence-corrected chi connectivity index (χ1v) is 6.61. The average Bonchev–Trinajstić information content (AvgIpc) is 2.66. The molecule has 0 unspecified atom stereocenters. The van der Waals surface area contributed by atoms with E-state index < -0.39 is 11.7 Å². The van der Waals surface area contributed by atoms with Crippen LogP contribution < -0.4 is 5.73 Å². The first kappa shape index (κ1) is 15.8. The fraction of sp³-hybridized carbons (Fsp3) is 0.385. The lowest BCUT2D eigenvalue weighted by molar-refractivity contribution is -0.137. The Hall–Kier alpha value is -1.60. The fourth-order valence-corrected chi connectivity index (χ4v) is 2.38. The maximum atomic E-state index is 12.6. The fourth-order valence-electron chi connectivity index (χ4n) is 2.13. The van der Waals surface area contributed by atoms with Crippen molar-refractivity contribution in [3.05, 3.63) is 39.8 Å². The zero-order valence-electron chi connectivity index (χ0n) is 11.5. The number of halogens is 4. The van der Waals surface area contributed by atoms with Crippen molar-refractivity contribution in [2.24, 2.45) is 5.73 Å². The molecule has 0 spiro atoms. The second kappa shape index (κ2) is 5.65. The lowest BCUT2D eigenvalue weighted by atomic mass is 10.1. The zero-order chi connectivity index (χ0) is 15.8. The maximum Gasteiger partial charge on any atom is 0.417 e. The maximum absolute atomic E-state index is 12.6. The molecule has 2 N–H and O–H groups in total. The Kier molecular flexibility index (Phi) is 4.25. The quantitative estimate of drug-likeness (QED) is 0.946. The summed E-state index contributed by atoms with van der Waals surface area (Å²) in [7, 11) is 0. The van der Waals surface area contributed by atoms with Gasteiger partial charge in [0.2, 0.25) is 0 Å². The minimum atomic E-state index is -4.48. The van der Waals surface area contributed by atoms with Gasteiger partial charge in [0.15, 0.2) is 5.82 Å². The lowest BCUT2D eigenvalue weighted by Crippen LogP contribution is -2.09. The van der Waals surface area contributed by atoms with E-state index in [9.17, 15) is 13.2 Å². The second-order valence-corrected chi connectivity index (χ2v) is 5.03. The molecular formula is C13H14ClF3N4.